The van der Waals surface area contributed by atoms with Crippen LogP contribution in [0.3, 0.4) is 0 Å². The van der Waals surface area contributed by atoms with Crippen molar-refractivity contribution in [2.75, 3.05) is 0 Å². The number of halogens is 2. The monoisotopic (exact) mass is 319 g/mol. The summed E-state index contributed by atoms with van der Waals surface area (Å²) in [6, 6.07) is 12.4. The number of rotatable bonds is 5. The SMILES string of the molecule is CC[C@H](NC(=O)Cc1c(F)cccc1Cl)c1ccc(C)cc1. The second-order valence-electron chi connectivity index (χ2n) is 5.32. The molecule has 22 heavy (non-hydrogen) atoms. The maximum absolute atomic E-state index is 13.7. The highest BCUT2D eigenvalue weighted by Gasteiger charge is 2.16. The molecule has 0 heterocycles. The van der Waals surface area contributed by atoms with Crippen molar-refractivity contribution >= 4 is 17.5 Å². The Morgan fingerprint density at radius 3 is 2.50 bits per heavy atom. The molecule has 0 aliphatic carbocycles. The normalized spacial score (nSPS) is 12.0. The fraction of sp³-hybridized carbons (Fsp3) is 0.278. The van der Waals surface area contributed by atoms with Crippen molar-refractivity contribution in [1.82, 2.24) is 5.32 Å². The molecule has 2 aromatic carbocycles. The molecule has 0 fully saturated rings. The third-order valence-corrected chi connectivity index (χ3v) is 3.98. The summed E-state index contributed by atoms with van der Waals surface area (Å²) in [6.07, 6.45) is 0.702. The first-order valence-corrected chi connectivity index (χ1v) is 7.68. The lowest BCUT2D eigenvalue weighted by Crippen LogP contribution is -2.29. The Kier molecular flexibility index (Phi) is 5.56. The van der Waals surface area contributed by atoms with Crippen LogP contribution in [0.2, 0.25) is 5.02 Å². The summed E-state index contributed by atoms with van der Waals surface area (Å²) in [4.78, 5) is 12.2. The Morgan fingerprint density at radius 2 is 1.91 bits per heavy atom. The van der Waals surface area contributed by atoms with Gasteiger partial charge in [-0.05, 0) is 31.0 Å². The molecule has 0 unspecified atom stereocenters. The second-order valence-corrected chi connectivity index (χ2v) is 5.72. The lowest BCUT2D eigenvalue weighted by Gasteiger charge is -2.18. The van der Waals surface area contributed by atoms with Gasteiger partial charge in [-0.25, -0.2) is 4.39 Å². The van der Waals surface area contributed by atoms with Crippen molar-refractivity contribution in [3.8, 4) is 0 Å². The molecule has 0 aromatic heterocycles. The average molecular weight is 320 g/mol. The summed E-state index contributed by atoms with van der Waals surface area (Å²) in [5.74, 6) is -0.689. The number of benzene rings is 2. The zero-order chi connectivity index (χ0) is 16.1. The van der Waals surface area contributed by atoms with E-state index in [0.29, 0.717) is 0 Å². The molecule has 2 rings (SSSR count). The molecule has 2 aromatic rings. The van der Waals surface area contributed by atoms with Crippen LogP contribution in [-0.4, -0.2) is 5.91 Å². The Morgan fingerprint density at radius 1 is 1.23 bits per heavy atom. The first-order valence-electron chi connectivity index (χ1n) is 7.30. The van der Waals surface area contributed by atoms with Gasteiger partial charge in [-0.1, -0.05) is 54.4 Å². The lowest BCUT2D eigenvalue weighted by molar-refractivity contribution is -0.121. The van der Waals surface area contributed by atoms with E-state index in [1.165, 1.54) is 17.7 Å². The smallest absolute Gasteiger partial charge is 0.225 e. The molecule has 0 aliphatic heterocycles. The van der Waals surface area contributed by atoms with E-state index >= 15 is 0 Å². The maximum Gasteiger partial charge on any atom is 0.225 e. The summed E-state index contributed by atoms with van der Waals surface area (Å²) in [5.41, 5.74) is 2.45. The molecule has 1 atom stereocenters. The zero-order valence-corrected chi connectivity index (χ0v) is 13.5. The van der Waals surface area contributed by atoms with Crippen molar-refractivity contribution in [3.05, 3.63) is 70.0 Å². The van der Waals surface area contributed by atoms with Crippen molar-refractivity contribution in [2.24, 2.45) is 0 Å². The molecule has 0 bridgehead atoms. The van der Waals surface area contributed by atoms with E-state index in [1.807, 2.05) is 38.1 Å². The second kappa shape index (κ2) is 7.41. The Labute approximate surface area is 135 Å². The van der Waals surface area contributed by atoms with Gasteiger partial charge in [0.1, 0.15) is 5.82 Å². The van der Waals surface area contributed by atoms with Crippen LogP contribution in [-0.2, 0) is 11.2 Å². The van der Waals surface area contributed by atoms with E-state index in [9.17, 15) is 9.18 Å². The van der Waals surface area contributed by atoms with Gasteiger partial charge in [0.2, 0.25) is 5.91 Å². The summed E-state index contributed by atoms with van der Waals surface area (Å²) >= 11 is 5.96. The third kappa shape index (κ3) is 4.08. The van der Waals surface area contributed by atoms with E-state index in [1.54, 1.807) is 6.07 Å². The van der Waals surface area contributed by atoms with Crippen LogP contribution in [0.1, 0.15) is 36.1 Å². The molecule has 0 saturated heterocycles. The summed E-state index contributed by atoms with van der Waals surface area (Å²) in [6.45, 7) is 4.02. The molecule has 0 saturated carbocycles. The number of aryl methyl sites for hydroxylation is 1. The first-order chi connectivity index (χ1) is 10.5. The third-order valence-electron chi connectivity index (χ3n) is 3.62. The number of hydrogen-bond acceptors (Lipinski definition) is 1. The Bertz CT molecular complexity index is 634. The molecule has 4 heteroatoms. The van der Waals surface area contributed by atoms with Gasteiger partial charge >= 0.3 is 0 Å². The van der Waals surface area contributed by atoms with Crippen molar-refractivity contribution in [2.45, 2.75) is 32.7 Å². The van der Waals surface area contributed by atoms with E-state index in [4.69, 9.17) is 11.6 Å². The first kappa shape index (κ1) is 16.5. The summed E-state index contributed by atoms with van der Waals surface area (Å²) in [7, 11) is 0. The fourth-order valence-corrected chi connectivity index (χ4v) is 2.56. The predicted octanol–water partition coefficient (Wildman–Crippen LogP) is 4.60. The predicted molar refractivity (Wildman–Crippen MR) is 87.5 cm³/mol. The molecule has 0 radical (unpaired) electrons. The van der Waals surface area contributed by atoms with Crippen LogP contribution in [0.4, 0.5) is 4.39 Å². The van der Waals surface area contributed by atoms with Gasteiger partial charge in [0.25, 0.3) is 0 Å². The summed E-state index contributed by atoms with van der Waals surface area (Å²) < 4.78 is 13.7. The molecule has 2 nitrogen and oxygen atoms in total. The minimum atomic E-state index is -0.453. The van der Waals surface area contributed by atoms with E-state index < -0.39 is 5.82 Å². The fourth-order valence-electron chi connectivity index (χ4n) is 2.33. The lowest BCUT2D eigenvalue weighted by atomic mass is 10.0. The van der Waals surface area contributed by atoms with Gasteiger partial charge in [-0.15, -0.1) is 0 Å². The van der Waals surface area contributed by atoms with Gasteiger partial charge in [0.15, 0.2) is 0 Å². The number of nitrogens with one attached hydrogen (secondary N) is 1. The Hall–Kier alpha value is -1.87. The van der Waals surface area contributed by atoms with Crippen molar-refractivity contribution < 1.29 is 9.18 Å². The van der Waals surface area contributed by atoms with Crippen LogP contribution in [0.5, 0.6) is 0 Å². The number of carbonyl (C=O) groups is 1. The highest BCUT2D eigenvalue weighted by atomic mass is 35.5. The minimum absolute atomic E-state index is 0.0616. The van der Waals surface area contributed by atoms with Crippen LogP contribution >= 0.6 is 11.6 Å². The van der Waals surface area contributed by atoms with E-state index in [0.717, 1.165) is 12.0 Å². The standard InChI is InChI=1S/C18H19ClFNO/c1-3-17(13-9-7-12(2)8-10-13)21-18(22)11-14-15(19)5-4-6-16(14)20/h4-10,17H,3,11H2,1-2H3,(H,21,22)/t17-/m0/s1. The number of amides is 1. The average Bonchev–Trinajstić information content (AvgIpc) is 2.50. The molecule has 0 aliphatic rings. The molecule has 116 valence electrons. The van der Waals surface area contributed by atoms with Gasteiger partial charge in [0, 0.05) is 10.6 Å². The van der Waals surface area contributed by atoms with E-state index in [2.05, 4.69) is 5.32 Å². The quantitative estimate of drug-likeness (QED) is 0.857. The van der Waals surface area contributed by atoms with Gasteiger partial charge in [-0.3, -0.25) is 4.79 Å². The molecule has 1 N–H and O–H groups in total. The number of carbonyl (C=O) groups excluding carboxylic acids is 1. The highest BCUT2D eigenvalue weighted by molar-refractivity contribution is 6.31. The van der Waals surface area contributed by atoms with Crippen LogP contribution in [0, 0.1) is 12.7 Å². The molecule has 1 amide bonds. The topological polar surface area (TPSA) is 29.1 Å². The van der Waals surface area contributed by atoms with Gasteiger partial charge in [0.05, 0.1) is 12.5 Å². The largest absolute Gasteiger partial charge is 0.349 e. The summed E-state index contributed by atoms with van der Waals surface area (Å²) in [5, 5.41) is 3.22. The molecular weight excluding hydrogens is 301 g/mol. The minimum Gasteiger partial charge on any atom is -0.349 e. The van der Waals surface area contributed by atoms with Crippen LogP contribution in [0.25, 0.3) is 0 Å². The van der Waals surface area contributed by atoms with Crippen molar-refractivity contribution in [1.29, 1.82) is 0 Å². The highest BCUT2D eigenvalue weighted by Crippen LogP contribution is 2.21. The zero-order valence-electron chi connectivity index (χ0n) is 12.7. The van der Waals surface area contributed by atoms with Gasteiger partial charge < -0.3 is 5.32 Å². The van der Waals surface area contributed by atoms with Crippen LogP contribution in [0.15, 0.2) is 42.5 Å². The van der Waals surface area contributed by atoms with Crippen LogP contribution < -0.4 is 5.32 Å². The van der Waals surface area contributed by atoms with Crippen molar-refractivity contribution in [3.63, 3.8) is 0 Å². The molecule has 0 spiro atoms. The number of hydrogen-bond donors (Lipinski definition) is 1. The van der Waals surface area contributed by atoms with Gasteiger partial charge in [-0.2, -0.15) is 0 Å². The van der Waals surface area contributed by atoms with E-state index in [-0.39, 0.29) is 29.0 Å². The molecular formula is C18H19ClFNO. The maximum atomic E-state index is 13.7. The Balaban J connectivity index is 2.08.